The van der Waals surface area contributed by atoms with Crippen LogP contribution >= 0.6 is 0 Å². The van der Waals surface area contributed by atoms with Crippen molar-refractivity contribution in [2.75, 3.05) is 0 Å². The van der Waals surface area contributed by atoms with Crippen LogP contribution in [0, 0.1) is 0 Å². The predicted octanol–water partition coefficient (Wildman–Crippen LogP) is 3.70. The lowest BCUT2D eigenvalue weighted by Gasteiger charge is -2.33. The number of amides is 1. The molecule has 0 aromatic heterocycles. The standard InChI is InChI=1S/C18H19NO3/c1-18(2,3)19(16(20)14-10-6-4-7-11-14)22-17(21)15-12-8-5-9-13-15/h4-13H,1-3H3. The number of carbonyl (C=O) groups is 2. The molecule has 0 bridgehead atoms. The van der Waals surface area contributed by atoms with E-state index in [2.05, 4.69) is 0 Å². The van der Waals surface area contributed by atoms with Crippen LogP contribution in [0.1, 0.15) is 41.5 Å². The Morgan fingerprint density at radius 3 is 1.73 bits per heavy atom. The maximum Gasteiger partial charge on any atom is 0.363 e. The summed E-state index contributed by atoms with van der Waals surface area (Å²) in [5, 5.41) is 1.12. The van der Waals surface area contributed by atoms with Gasteiger partial charge in [-0.2, -0.15) is 5.06 Å². The zero-order valence-electron chi connectivity index (χ0n) is 12.9. The Kier molecular flexibility index (Phi) is 4.61. The Morgan fingerprint density at radius 2 is 1.27 bits per heavy atom. The van der Waals surface area contributed by atoms with E-state index in [0.717, 1.165) is 5.06 Å². The Labute approximate surface area is 130 Å². The Morgan fingerprint density at radius 1 is 0.818 bits per heavy atom. The van der Waals surface area contributed by atoms with Gasteiger partial charge in [-0.3, -0.25) is 4.79 Å². The molecule has 2 aromatic carbocycles. The van der Waals surface area contributed by atoms with E-state index in [4.69, 9.17) is 4.84 Å². The summed E-state index contributed by atoms with van der Waals surface area (Å²) in [4.78, 5) is 30.2. The summed E-state index contributed by atoms with van der Waals surface area (Å²) in [7, 11) is 0. The maximum atomic E-state index is 12.6. The van der Waals surface area contributed by atoms with Gasteiger partial charge in [0.2, 0.25) is 0 Å². The van der Waals surface area contributed by atoms with Crippen molar-refractivity contribution < 1.29 is 14.4 Å². The van der Waals surface area contributed by atoms with Crippen LogP contribution in [0.25, 0.3) is 0 Å². The molecule has 2 aromatic rings. The van der Waals surface area contributed by atoms with Gasteiger partial charge in [-0.15, -0.1) is 0 Å². The SMILES string of the molecule is CC(C)(C)N(OC(=O)c1ccccc1)C(=O)c1ccccc1. The highest BCUT2D eigenvalue weighted by molar-refractivity contribution is 5.96. The topological polar surface area (TPSA) is 46.6 Å². The smallest absolute Gasteiger partial charge is 0.332 e. The molecular weight excluding hydrogens is 278 g/mol. The minimum Gasteiger partial charge on any atom is -0.332 e. The molecule has 1 amide bonds. The predicted molar refractivity (Wildman–Crippen MR) is 84.2 cm³/mol. The first-order valence-electron chi connectivity index (χ1n) is 7.06. The molecule has 114 valence electrons. The molecule has 0 aliphatic carbocycles. The number of hydroxylamine groups is 2. The Bertz CT molecular complexity index is 645. The third-order valence-corrected chi connectivity index (χ3v) is 3.00. The van der Waals surface area contributed by atoms with Crippen LogP contribution in [0.2, 0.25) is 0 Å². The molecule has 4 heteroatoms. The van der Waals surface area contributed by atoms with Crippen molar-refractivity contribution in [1.29, 1.82) is 0 Å². The number of hydrogen-bond donors (Lipinski definition) is 0. The van der Waals surface area contributed by atoms with E-state index in [9.17, 15) is 9.59 Å². The van der Waals surface area contributed by atoms with Crippen LogP contribution in [-0.2, 0) is 4.84 Å². The van der Waals surface area contributed by atoms with Gasteiger partial charge in [-0.05, 0) is 45.0 Å². The summed E-state index contributed by atoms with van der Waals surface area (Å²) >= 11 is 0. The molecular formula is C18H19NO3. The first-order valence-corrected chi connectivity index (χ1v) is 7.06. The van der Waals surface area contributed by atoms with Crippen molar-refractivity contribution in [3.8, 4) is 0 Å². The minimum absolute atomic E-state index is 0.350. The van der Waals surface area contributed by atoms with Crippen molar-refractivity contribution in [2.24, 2.45) is 0 Å². The quantitative estimate of drug-likeness (QED) is 0.794. The number of benzene rings is 2. The van der Waals surface area contributed by atoms with Crippen molar-refractivity contribution in [3.05, 3.63) is 71.8 Å². The van der Waals surface area contributed by atoms with E-state index in [1.807, 2.05) is 32.9 Å². The monoisotopic (exact) mass is 297 g/mol. The fourth-order valence-electron chi connectivity index (χ4n) is 1.89. The number of rotatable bonds is 2. The van der Waals surface area contributed by atoms with E-state index >= 15 is 0 Å². The van der Waals surface area contributed by atoms with Crippen LogP contribution in [-0.4, -0.2) is 22.5 Å². The van der Waals surface area contributed by atoms with Crippen LogP contribution in [0.4, 0.5) is 0 Å². The van der Waals surface area contributed by atoms with E-state index in [0.29, 0.717) is 11.1 Å². The Hall–Kier alpha value is -2.62. The first kappa shape index (κ1) is 15.8. The fourth-order valence-corrected chi connectivity index (χ4v) is 1.89. The lowest BCUT2D eigenvalue weighted by atomic mass is 10.1. The highest BCUT2D eigenvalue weighted by atomic mass is 16.7. The van der Waals surface area contributed by atoms with Crippen molar-refractivity contribution >= 4 is 11.9 Å². The number of nitrogens with zero attached hydrogens (tertiary/aromatic N) is 1. The van der Waals surface area contributed by atoms with Crippen LogP contribution in [0.15, 0.2) is 60.7 Å². The van der Waals surface area contributed by atoms with Crippen LogP contribution in [0.5, 0.6) is 0 Å². The molecule has 0 heterocycles. The summed E-state index contributed by atoms with van der Waals surface area (Å²) in [5.74, 6) is -0.905. The second-order valence-corrected chi connectivity index (χ2v) is 5.88. The van der Waals surface area contributed by atoms with E-state index in [1.54, 1.807) is 48.5 Å². The molecule has 0 fully saturated rings. The molecule has 0 unspecified atom stereocenters. The molecule has 0 atom stereocenters. The highest BCUT2D eigenvalue weighted by Gasteiger charge is 2.31. The van der Waals surface area contributed by atoms with Gasteiger partial charge < -0.3 is 4.84 Å². The average Bonchev–Trinajstić information content (AvgIpc) is 2.52. The van der Waals surface area contributed by atoms with Crippen LogP contribution < -0.4 is 0 Å². The summed E-state index contributed by atoms with van der Waals surface area (Å²) < 4.78 is 0. The first-order chi connectivity index (χ1) is 10.4. The van der Waals surface area contributed by atoms with Gasteiger partial charge in [0.15, 0.2) is 0 Å². The normalized spacial score (nSPS) is 10.9. The highest BCUT2D eigenvalue weighted by Crippen LogP contribution is 2.19. The van der Waals surface area contributed by atoms with Gasteiger partial charge in [0.1, 0.15) is 0 Å². The third kappa shape index (κ3) is 3.73. The van der Waals surface area contributed by atoms with Gasteiger partial charge in [0.05, 0.1) is 11.1 Å². The van der Waals surface area contributed by atoms with E-state index < -0.39 is 11.5 Å². The Balaban J connectivity index is 2.25. The molecule has 0 radical (unpaired) electrons. The molecule has 0 aliphatic heterocycles. The number of carbonyl (C=O) groups excluding carboxylic acids is 2. The van der Waals surface area contributed by atoms with Gasteiger partial charge >= 0.3 is 5.97 Å². The average molecular weight is 297 g/mol. The van der Waals surface area contributed by atoms with Gasteiger partial charge in [0.25, 0.3) is 5.91 Å². The number of hydrogen-bond acceptors (Lipinski definition) is 3. The van der Waals surface area contributed by atoms with Gasteiger partial charge in [-0.25, -0.2) is 4.79 Å². The lowest BCUT2D eigenvalue weighted by molar-refractivity contribution is -0.127. The zero-order chi connectivity index (χ0) is 16.2. The molecule has 4 nitrogen and oxygen atoms in total. The molecule has 0 saturated carbocycles. The van der Waals surface area contributed by atoms with Crippen molar-refractivity contribution in [1.82, 2.24) is 5.06 Å². The molecule has 22 heavy (non-hydrogen) atoms. The van der Waals surface area contributed by atoms with Crippen molar-refractivity contribution in [2.45, 2.75) is 26.3 Å². The van der Waals surface area contributed by atoms with Crippen molar-refractivity contribution in [3.63, 3.8) is 0 Å². The van der Waals surface area contributed by atoms with E-state index in [-0.39, 0.29) is 5.91 Å². The van der Waals surface area contributed by atoms with Crippen LogP contribution in [0.3, 0.4) is 0 Å². The maximum absolute atomic E-state index is 12.6. The molecule has 0 N–H and O–H groups in total. The largest absolute Gasteiger partial charge is 0.363 e. The zero-order valence-corrected chi connectivity index (χ0v) is 12.9. The van der Waals surface area contributed by atoms with Gasteiger partial charge in [-0.1, -0.05) is 36.4 Å². The lowest BCUT2D eigenvalue weighted by Crippen LogP contribution is -2.46. The van der Waals surface area contributed by atoms with E-state index in [1.165, 1.54) is 0 Å². The second-order valence-electron chi connectivity index (χ2n) is 5.88. The molecule has 0 aliphatic rings. The summed E-state index contributed by atoms with van der Waals surface area (Å²) in [5.41, 5.74) is 0.216. The van der Waals surface area contributed by atoms with Gasteiger partial charge in [0, 0.05) is 5.56 Å². The minimum atomic E-state index is -0.655. The summed E-state index contributed by atoms with van der Waals surface area (Å²) in [6, 6.07) is 17.4. The fraction of sp³-hybridized carbons (Fsp3) is 0.222. The summed E-state index contributed by atoms with van der Waals surface area (Å²) in [6.07, 6.45) is 0. The molecule has 2 rings (SSSR count). The molecule has 0 saturated heterocycles. The second kappa shape index (κ2) is 6.43. The third-order valence-electron chi connectivity index (χ3n) is 3.00. The molecule has 0 spiro atoms. The summed E-state index contributed by atoms with van der Waals surface area (Å²) in [6.45, 7) is 5.43.